The van der Waals surface area contributed by atoms with Crippen molar-refractivity contribution in [2.24, 2.45) is 0 Å². The van der Waals surface area contributed by atoms with Crippen molar-refractivity contribution >= 4 is 39.7 Å². The molecule has 0 aliphatic heterocycles. The number of fused-ring (bicyclic) bond motifs is 3. The number of nitrogens with zero attached hydrogens (tertiary/aromatic N) is 3. The highest BCUT2D eigenvalue weighted by Gasteiger charge is 2.19. The highest BCUT2D eigenvalue weighted by atomic mass is 32.2. The van der Waals surface area contributed by atoms with Crippen molar-refractivity contribution in [3.8, 4) is 22.4 Å². The number of carbonyl (C=O) groups excluding carboxylic acids is 1. The van der Waals surface area contributed by atoms with Gasteiger partial charge in [0.15, 0.2) is 11.4 Å². The first-order valence-corrected chi connectivity index (χ1v) is 12.6. The van der Waals surface area contributed by atoms with Crippen LogP contribution in [0.2, 0.25) is 0 Å². The van der Waals surface area contributed by atoms with E-state index in [0.29, 0.717) is 27.4 Å². The van der Waals surface area contributed by atoms with Crippen LogP contribution in [0.4, 0.5) is 0 Å². The number of hydrogen-bond acceptors (Lipinski definition) is 6. The maximum Gasteiger partial charge on any atom is 0.229 e. The van der Waals surface area contributed by atoms with Gasteiger partial charge in [-0.2, -0.15) is 0 Å². The number of pyridine rings is 1. The summed E-state index contributed by atoms with van der Waals surface area (Å²) in [5, 5.41) is 1.50. The summed E-state index contributed by atoms with van der Waals surface area (Å²) in [6.07, 6.45) is 1.52. The summed E-state index contributed by atoms with van der Waals surface area (Å²) in [7, 11) is 0. The summed E-state index contributed by atoms with van der Waals surface area (Å²) in [4.78, 5) is 26.6. The van der Waals surface area contributed by atoms with Gasteiger partial charge in [-0.3, -0.25) is 4.79 Å². The molecule has 36 heavy (non-hydrogen) atoms. The van der Waals surface area contributed by atoms with Gasteiger partial charge in [-0.1, -0.05) is 96.7 Å². The first-order valence-electron chi connectivity index (χ1n) is 11.6. The molecule has 0 spiro atoms. The Kier molecular flexibility index (Phi) is 5.79. The molecule has 0 aliphatic rings. The third-order valence-corrected chi connectivity index (χ3v) is 7.08. The minimum atomic E-state index is 0.0307. The summed E-state index contributed by atoms with van der Waals surface area (Å²) in [6, 6.07) is 29.9. The Morgan fingerprint density at radius 1 is 0.833 bits per heavy atom. The van der Waals surface area contributed by atoms with Crippen LogP contribution in [0.25, 0.3) is 44.6 Å². The fourth-order valence-electron chi connectivity index (χ4n) is 4.29. The fraction of sp³-hybridized carbons (Fsp3) is 0.0667. The summed E-state index contributed by atoms with van der Waals surface area (Å²) in [6.45, 7) is 2.03. The molecule has 3 aromatic heterocycles. The molecule has 0 bridgehead atoms. The van der Waals surface area contributed by atoms with Gasteiger partial charge in [-0.25, -0.2) is 15.0 Å². The number of Topliss-reactive ketones (excluding diaryl/α,β-unsaturated/α-hetero) is 1. The molecule has 5 nitrogen and oxygen atoms in total. The minimum absolute atomic E-state index is 0.0307. The Bertz CT molecular complexity index is 1700. The lowest BCUT2D eigenvalue weighted by Crippen LogP contribution is -2.02. The van der Waals surface area contributed by atoms with E-state index in [1.807, 2.05) is 85.8 Å². The Morgan fingerprint density at radius 3 is 2.22 bits per heavy atom. The van der Waals surface area contributed by atoms with Gasteiger partial charge in [0.1, 0.15) is 16.9 Å². The van der Waals surface area contributed by atoms with Crippen LogP contribution < -0.4 is 0 Å². The maximum absolute atomic E-state index is 12.9. The van der Waals surface area contributed by atoms with E-state index in [1.165, 1.54) is 18.1 Å². The predicted molar refractivity (Wildman–Crippen MR) is 144 cm³/mol. The molecule has 3 aromatic carbocycles. The number of hydrogen-bond donors (Lipinski definition) is 0. The topological polar surface area (TPSA) is 68.9 Å². The Balaban J connectivity index is 1.27. The molecule has 0 saturated heterocycles. The van der Waals surface area contributed by atoms with Crippen molar-refractivity contribution in [1.29, 1.82) is 0 Å². The summed E-state index contributed by atoms with van der Waals surface area (Å²) in [5.74, 6) is 0.276. The first kappa shape index (κ1) is 22.2. The largest absolute Gasteiger partial charge is 0.433 e. The number of ketones is 1. The molecule has 0 atom stereocenters. The molecular weight excluding hydrogens is 466 g/mol. The van der Waals surface area contributed by atoms with Crippen LogP contribution in [-0.2, 0) is 0 Å². The smallest absolute Gasteiger partial charge is 0.229 e. The highest BCUT2D eigenvalue weighted by Crippen LogP contribution is 2.35. The molecule has 0 saturated carbocycles. The van der Waals surface area contributed by atoms with Crippen LogP contribution >= 0.6 is 11.8 Å². The fourth-order valence-corrected chi connectivity index (χ4v) is 5.11. The lowest BCUT2D eigenvalue weighted by Gasteiger charge is -2.04. The van der Waals surface area contributed by atoms with Gasteiger partial charge in [0.2, 0.25) is 5.71 Å². The van der Waals surface area contributed by atoms with Crippen LogP contribution in [0.5, 0.6) is 0 Å². The average Bonchev–Trinajstić information content (AvgIpc) is 3.32. The number of thioether (sulfide) groups is 1. The molecule has 6 rings (SSSR count). The molecule has 0 amide bonds. The number of benzene rings is 3. The normalized spacial score (nSPS) is 11.2. The zero-order chi connectivity index (χ0) is 24.5. The standard InChI is InChI=1S/C30H21N3O2S/c1-19-16-24(22-10-6-3-7-11-22)33-29-26(19)27-28(35-29)30(32-18-31-27)36-17-25(34)23-14-12-21(13-15-23)20-8-4-2-5-9-20/h2-16,18H,17H2,1H3. The van der Waals surface area contributed by atoms with Crippen molar-refractivity contribution in [1.82, 2.24) is 15.0 Å². The van der Waals surface area contributed by atoms with Crippen LogP contribution in [-0.4, -0.2) is 26.5 Å². The summed E-state index contributed by atoms with van der Waals surface area (Å²) >= 11 is 1.35. The zero-order valence-electron chi connectivity index (χ0n) is 19.5. The van der Waals surface area contributed by atoms with Crippen molar-refractivity contribution in [2.75, 3.05) is 5.75 Å². The van der Waals surface area contributed by atoms with Gasteiger partial charge >= 0.3 is 0 Å². The van der Waals surface area contributed by atoms with Gasteiger partial charge < -0.3 is 4.42 Å². The average molecular weight is 488 g/mol. The number of carbonyl (C=O) groups is 1. The van der Waals surface area contributed by atoms with Gasteiger partial charge in [0.05, 0.1) is 16.8 Å². The van der Waals surface area contributed by atoms with Crippen LogP contribution in [0.3, 0.4) is 0 Å². The molecule has 0 radical (unpaired) electrons. The molecule has 6 heteroatoms. The quantitative estimate of drug-likeness (QED) is 0.139. The predicted octanol–water partition coefficient (Wildman–Crippen LogP) is 7.39. The molecule has 174 valence electrons. The van der Waals surface area contributed by atoms with E-state index in [2.05, 4.69) is 22.1 Å². The van der Waals surface area contributed by atoms with Gasteiger partial charge in [-0.05, 0) is 29.7 Å². The number of aromatic nitrogens is 3. The van der Waals surface area contributed by atoms with E-state index in [9.17, 15) is 4.79 Å². The van der Waals surface area contributed by atoms with Gasteiger partial charge in [-0.15, -0.1) is 0 Å². The molecule has 0 fully saturated rings. The Hall–Kier alpha value is -4.29. The number of aryl methyl sites for hydroxylation is 1. The molecular formula is C30H21N3O2S. The molecule has 3 heterocycles. The molecule has 0 N–H and O–H groups in total. The van der Waals surface area contributed by atoms with Crippen LogP contribution in [0.1, 0.15) is 15.9 Å². The van der Waals surface area contributed by atoms with E-state index in [0.717, 1.165) is 33.3 Å². The third kappa shape index (κ3) is 4.16. The molecule has 6 aromatic rings. The second-order valence-corrected chi connectivity index (χ2v) is 9.45. The third-order valence-electron chi connectivity index (χ3n) is 6.11. The van der Waals surface area contributed by atoms with E-state index in [1.54, 1.807) is 0 Å². The maximum atomic E-state index is 12.9. The van der Waals surface area contributed by atoms with Crippen molar-refractivity contribution < 1.29 is 9.21 Å². The van der Waals surface area contributed by atoms with E-state index >= 15 is 0 Å². The first-order chi connectivity index (χ1) is 17.7. The van der Waals surface area contributed by atoms with Crippen LogP contribution in [0, 0.1) is 6.92 Å². The van der Waals surface area contributed by atoms with Crippen molar-refractivity contribution in [3.05, 3.63) is 108 Å². The SMILES string of the molecule is Cc1cc(-c2ccccc2)nc2oc3c(SCC(=O)c4ccc(-c5ccccc5)cc4)ncnc3c12. The lowest BCUT2D eigenvalue weighted by molar-refractivity contribution is 0.102. The van der Waals surface area contributed by atoms with Gasteiger partial charge in [0, 0.05) is 11.1 Å². The number of furan rings is 1. The summed E-state index contributed by atoms with van der Waals surface area (Å²) in [5.41, 5.74) is 7.56. The van der Waals surface area contributed by atoms with Crippen LogP contribution in [0.15, 0.2) is 107 Å². The monoisotopic (exact) mass is 487 g/mol. The molecule has 0 aliphatic carbocycles. The van der Waals surface area contributed by atoms with E-state index in [4.69, 9.17) is 9.40 Å². The number of rotatable bonds is 6. The Labute approximate surface area is 212 Å². The Morgan fingerprint density at radius 2 is 1.50 bits per heavy atom. The van der Waals surface area contributed by atoms with Crippen molar-refractivity contribution in [2.45, 2.75) is 11.9 Å². The molecule has 0 unspecified atom stereocenters. The van der Waals surface area contributed by atoms with Crippen molar-refractivity contribution in [3.63, 3.8) is 0 Å². The van der Waals surface area contributed by atoms with E-state index < -0.39 is 0 Å². The second-order valence-electron chi connectivity index (χ2n) is 8.48. The van der Waals surface area contributed by atoms with E-state index in [-0.39, 0.29) is 11.5 Å². The highest BCUT2D eigenvalue weighted by molar-refractivity contribution is 8.00. The zero-order valence-corrected chi connectivity index (χ0v) is 20.3. The second kappa shape index (κ2) is 9.40. The summed E-state index contributed by atoms with van der Waals surface area (Å²) < 4.78 is 6.16. The minimum Gasteiger partial charge on any atom is -0.433 e. The lowest BCUT2D eigenvalue weighted by atomic mass is 10.0. The van der Waals surface area contributed by atoms with Gasteiger partial charge in [0.25, 0.3) is 0 Å².